The highest BCUT2D eigenvalue weighted by Gasteiger charge is 2.06. The third-order valence-electron chi connectivity index (χ3n) is 2.82. The minimum atomic E-state index is 0.356. The molecule has 0 saturated heterocycles. The first kappa shape index (κ1) is 16.9. The quantitative estimate of drug-likeness (QED) is 0.666. The normalized spacial score (nSPS) is 11.1. The molecule has 0 saturated carbocycles. The summed E-state index contributed by atoms with van der Waals surface area (Å²) in [5.74, 6) is 0.978. The zero-order valence-electron chi connectivity index (χ0n) is 12.7. The molecule has 1 aromatic rings. The van der Waals surface area contributed by atoms with Crippen LogP contribution in [0.1, 0.15) is 37.4 Å². The Balaban J connectivity index is 2.37. The molecule has 1 aromatic heterocycles. The van der Waals surface area contributed by atoms with Gasteiger partial charge in [0.25, 0.3) is 0 Å². The molecule has 0 aliphatic rings. The number of methoxy groups -OCH3 is 1. The van der Waals surface area contributed by atoms with Crippen molar-refractivity contribution in [2.24, 2.45) is 5.73 Å². The summed E-state index contributed by atoms with van der Waals surface area (Å²) in [7, 11) is 1.69. The molecule has 0 bridgehead atoms. The molecule has 2 N–H and O–H groups in total. The van der Waals surface area contributed by atoms with E-state index in [-0.39, 0.29) is 0 Å². The van der Waals surface area contributed by atoms with E-state index in [2.05, 4.69) is 18.8 Å². The van der Waals surface area contributed by atoms with Gasteiger partial charge < -0.3 is 19.9 Å². The van der Waals surface area contributed by atoms with Gasteiger partial charge in [-0.2, -0.15) is 0 Å². The summed E-state index contributed by atoms with van der Waals surface area (Å²) >= 11 is 0. The molecule has 114 valence electrons. The molecule has 0 fully saturated rings. The molecule has 0 atom stereocenters. The van der Waals surface area contributed by atoms with Gasteiger partial charge in [-0.15, -0.1) is 0 Å². The molecule has 5 nitrogen and oxygen atoms in total. The van der Waals surface area contributed by atoms with Crippen molar-refractivity contribution in [2.75, 3.05) is 33.5 Å². The van der Waals surface area contributed by atoms with Crippen molar-refractivity contribution >= 4 is 0 Å². The molecule has 0 spiro atoms. The van der Waals surface area contributed by atoms with Crippen LogP contribution in [0.5, 0.6) is 5.88 Å². The Morgan fingerprint density at radius 3 is 2.60 bits per heavy atom. The van der Waals surface area contributed by atoms with Crippen LogP contribution >= 0.6 is 0 Å². The van der Waals surface area contributed by atoms with E-state index < -0.39 is 0 Å². The molecular weight excluding hydrogens is 256 g/mol. The predicted molar refractivity (Wildman–Crippen MR) is 79.0 cm³/mol. The van der Waals surface area contributed by atoms with Gasteiger partial charge in [0.15, 0.2) is 0 Å². The number of hydrogen-bond donors (Lipinski definition) is 1. The fraction of sp³-hybridized carbons (Fsp3) is 0.667. The molecule has 1 rings (SSSR count). The second-order valence-corrected chi connectivity index (χ2v) is 4.90. The highest BCUT2D eigenvalue weighted by molar-refractivity contribution is 5.26. The van der Waals surface area contributed by atoms with Crippen LogP contribution in [0.2, 0.25) is 0 Å². The van der Waals surface area contributed by atoms with Crippen LogP contribution in [-0.4, -0.2) is 38.5 Å². The van der Waals surface area contributed by atoms with Crippen molar-refractivity contribution in [3.05, 3.63) is 23.4 Å². The van der Waals surface area contributed by atoms with Crippen molar-refractivity contribution in [2.45, 2.75) is 32.7 Å². The van der Waals surface area contributed by atoms with Gasteiger partial charge in [-0.3, -0.25) is 0 Å². The van der Waals surface area contributed by atoms with Crippen LogP contribution < -0.4 is 10.5 Å². The third kappa shape index (κ3) is 6.32. The fourth-order valence-electron chi connectivity index (χ4n) is 1.68. The maximum Gasteiger partial charge on any atom is 0.213 e. The van der Waals surface area contributed by atoms with E-state index in [0.717, 1.165) is 24.3 Å². The topological polar surface area (TPSA) is 66.6 Å². The summed E-state index contributed by atoms with van der Waals surface area (Å²) in [4.78, 5) is 4.47. The van der Waals surface area contributed by atoms with E-state index in [1.165, 1.54) is 0 Å². The van der Waals surface area contributed by atoms with Gasteiger partial charge in [0, 0.05) is 38.6 Å². The number of nitrogens with two attached hydrogens (primary N) is 1. The van der Waals surface area contributed by atoms with Crippen molar-refractivity contribution in [1.29, 1.82) is 0 Å². The standard InChI is InChI=1S/C15H26N2O3/c1-12(2)14-9-13(11-16)10-15(17-14)20-8-7-19-6-4-5-18-3/h9-10,12H,4-8,11,16H2,1-3H3. The summed E-state index contributed by atoms with van der Waals surface area (Å²) in [6.45, 7) is 7.15. The Bertz CT molecular complexity index is 383. The Kier molecular flexibility index (Phi) is 8.18. The minimum Gasteiger partial charge on any atom is -0.475 e. The predicted octanol–water partition coefficient (Wildman–Crippen LogP) is 2.10. The van der Waals surface area contributed by atoms with Crippen LogP contribution in [0.4, 0.5) is 0 Å². The zero-order chi connectivity index (χ0) is 14.8. The van der Waals surface area contributed by atoms with Crippen molar-refractivity contribution in [3.63, 3.8) is 0 Å². The summed E-state index contributed by atoms with van der Waals surface area (Å²) in [6.07, 6.45) is 0.898. The van der Waals surface area contributed by atoms with E-state index >= 15 is 0 Å². The number of aromatic nitrogens is 1. The molecule has 0 amide bonds. The molecule has 20 heavy (non-hydrogen) atoms. The van der Waals surface area contributed by atoms with E-state index in [1.54, 1.807) is 7.11 Å². The molecule has 0 radical (unpaired) electrons. The third-order valence-corrected chi connectivity index (χ3v) is 2.82. The SMILES string of the molecule is COCCCOCCOc1cc(CN)cc(C(C)C)n1. The van der Waals surface area contributed by atoms with Gasteiger partial charge in [-0.05, 0) is 24.0 Å². The number of pyridine rings is 1. The first-order valence-corrected chi connectivity index (χ1v) is 7.07. The second-order valence-electron chi connectivity index (χ2n) is 4.90. The lowest BCUT2D eigenvalue weighted by Crippen LogP contribution is -2.10. The molecule has 0 aromatic carbocycles. The minimum absolute atomic E-state index is 0.356. The maximum absolute atomic E-state index is 5.69. The molecule has 0 aliphatic heterocycles. The van der Waals surface area contributed by atoms with Crippen LogP contribution in [0.25, 0.3) is 0 Å². The molecule has 0 aliphatic carbocycles. The first-order chi connectivity index (χ1) is 9.67. The van der Waals surface area contributed by atoms with Gasteiger partial charge in [0.1, 0.15) is 6.61 Å². The van der Waals surface area contributed by atoms with Gasteiger partial charge in [-0.1, -0.05) is 13.8 Å². The number of hydrogen-bond acceptors (Lipinski definition) is 5. The van der Waals surface area contributed by atoms with Crippen molar-refractivity contribution in [3.8, 4) is 5.88 Å². The summed E-state index contributed by atoms with van der Waals surface area (Å²) in [5.41, 5.74) is 7.74. The number of rotatable bonds is 10. The maximum atomic E-state index is 5.69. The summed E-state index contributed by atoms with van der Waals surface area (Å²) < 4.78 is 16.0. The second kappa shape index (κ2) is 9.69. The highest BCUT2D eigenvalue weighted by atomic mass is 16.5. The van der Waals surface area contributed by atoms with Gasteiger partial charge >= 0.3 is 0 Å². The lowest BCUT2D eigenvalue weighted by molar-refractivity contribution is 0.0795. The zero-order valence-corrected chi connectivity index (χ0v) is 12.7. The Morgan fingerprint density at radius 2 is 1.95 bits per heavy atom. The molecule has 5 heteroatoms. The smallest absolute Gasteiger partial charge is 0.213 e. The summed E-state index contributed by atoms with van der Waals surface area (Å²) in [5, 5.41) is 0. The van der Waals surface area contributed by atoms with E-state index in [0.29, 0.717) is 38.2 Å². The average molecular weight is 282 g/mol. The molecule has 0 unspecified atom stereocenters. The number of ether oxygens (including phenoxy) is 3. The molecule has 1 heterocycles. The molecular formula is C15H26N2O3. The fourth-order valence-corrected chi connectivity index (χ4v) is 1.68. The van der Waals surface area contributed by atoms with Crippen LogP contribution in [0, 0.1) is 0 Å². The van der Waals surface area contributed by atoms with E-state index in [1.807, 2.05) is 12.1 Å². The van der Waals surface area contributed by atoms with Crippen LogP contribution in [0.3, 0.4) is 0 Å². The summed E-state index contributed by atoms with van der Waals surface area (Å²) in [6, 6.07) is 3.91. The van der Waals surface area contributed by atoms with Crippen LogP contribution in [0.15, 0.2) is 12.1 Å². The number of nitrogens with zero attached hydrogens (tertiary/aromatic N) is 1. The monoisotopic (exact) mass is 282 g/mol. The Morgan fingerprint density at radius 1 is 1.15 bits per heavy atom. The first-order valence-electron chi connectivity index (χ1n) is 7.07. The van der Waals surface area contributed by atoms with Gasteiger partial charge in [0.05, 0.1) is 6.61 Å². The van der Waals surface area contributed by atoms with E-state index in [9.17, 15) is 0 Å². The Hall–Kier alpha value is -1.17. The highest BCUT2D eigenvalue weighted by Crippen LogP contribution is 2.18. The van der Waals surface area contributed by atoms with Gasteiger partial charge in [0.2, 0.25) is 5.88 Å². The van der Waals surface area contributed by atoms with Crippen LogP contribution in [-0.2, 0) is 16.0 Å². The van der Waals surface area contributed by atoms with Crippen molar-refractivity contribution < 1.29 is 14.2 Å². The lowest BCUT2D eigenvalue weighted by atomic mass is 10.1. The lowest BCUT2D eigenvalue weighted by Gasteiger charge is -2.11. The van der Waals surface area contributed by atoms with Gasteiger partial charge in [-0.25, -0.2) is 4.98 Å². The largest absolute Gasteiger partial charge is 0.475 e. The van der Waals surface area contributed by atoms with Crippen molar-refractivity contribution in [1.82, 2.24) is 4.98 Å². The van der Waals surface area contributed by atoms with E-state index in [4.69, 9.17) is 19.9 Å². The average Bonchev–Trinajstić information content (AvgIpc) is 2.46. The Labute approximate surface area is 121 Å².